The van der Waals surface area contributed by atoms with Crippen molar-refractivity contribution in [1.29, 1.82) is 0 Å². The van der Waals surface area contributed by atoms with E-state index in [0.717, 1.165) is 12.2 Å². The molecule has 0 saturated carbocycles. The summed E-state index contributed by atoms with van der Waals surface area (Å²) in [6, 6.07) is 0.133. The number of oxazole rings is 1. The van der Waals surface area contributed by atoms with Crippen LogP contribution in [0, 0.1) is 6.92 Å². The molecule has 17 heavy (non-hydrogen) atoms. The molecule has 6 nitrogen and oxygen atoms in total. The molecule has 2 unspecified atom stereocenters. The first kappa shape index (κ1) is 13.5. The van der Waals surface area contributed by atoms with Crippen molar-refractivity contribution in [1.82, 2.24) is 10.3 Å². The second-order valence-electron chi connectivity index (χ2n) is 4.10. The Morgan fingerprint density at radius 2 is 2.41 bits per heavy atom. The van der Waals surface area contributed by atoms with Gasteiger partial charge in [-0.1, -0.05) is 12.1 Å². The van der Waals surface area contributed by atoms with Crippen molar-refractivity contribution in [2.45, 2.75) is 45.7 Å². The monoisotopic (exact) mass is 240 g/mol. The van der Waals surface area contributed by atoms with Gasteiger partial charge in [-0.25, -0.2) is 4.98 Å². The molecule has 0 aliphatic heterocycles. The summed E-state index contributed by atoms with van der Waals surface area (Å²) in [5.74, 6) is 1.67. The number of hydrogen-bond acceptors (Lipinski definition) is 5. The Bertz CT molecular complexity index is 375. The SMILES string of the molecule is CCC(C/C(N)=N/O)NC(C)c1ncc(C)o1. The minimum absolute atomic E-state index is 0.000132. The molecule has 1 heterocycles. The van der Waals surface area contributed by atoms with Crippen LogP contribution < -0.4 is 11.1 Å². The normalized spacial score (nSPS) is 15.8. The third kappa shape index (κ3) is 4.07. The van der Waals surface area contributed by atoms with Crippen molar-refractivity contribution >= 4 is 5.84 Å². The second kappa shape index (κ2) is 6.24. The van der Waals surface area contributed by atoms with Gasteiger partial charge in [0.2, 0.25) is 5.89 Å². The maximum absolute atomic E-state index is 8.54. The summed E-state index contributed by atoms with van der Waals surface area (Å²) < 4.78 is 5.44. The van der Waals surface area contributed by atoms with Gasteiger partial charge < -0.3 is 20.7 Å². The van der Waals surface area contributed by atoms with Crippen LogP contribution in [0.25, 0.3) is 0 Å². The van der Waals surface area contributed by atoms with Crippen molar-refractivity contribution < 1.29 is 9.62 Å². The number of nitrogens with two attached hydrogens (primary N) is 1. The molecule has 0 spiro atoms. The lowest BCUT2D eigenvalue weighted by Gasteiger charge is -2.19. The Morgan fingerprint density at radius 1 is 1.71 bits per heavy atom. The molecular weight excluding hydrogens is 220 g/mol. The van der Waals surface area contributed by atoms with Gasteiger partial charge in [0.05, 0.1) is 12.2 Å². The first-order valence-corrected chi connectivity index (χ1v) is 5.71. The Balaban J connectivity index is 2.56. The summed E-state index contributed by atoms with van der Waals surface area (Å²) in [7, 11) is 0. The van der Waals surface area contributed by atoms with Gasteiger partial charge in [0.25, 0.3) is 0 Å². The minimum Gasteiger partial charge on any atom is -0.444 e. The lowest BCUT2D eigenvalue weighted by Crippen LogP contribution is -2.35. The van der Waals surface area contributed by atoms with Crippen LogP contribution >= 0.6 is 0 Å². The summed E-state index contributed by atoms with van der Waals surface area (Å²) in [4.78, 5) is 4.16. The van der Waals surface area contributed by atoms with Crippen LogP contribution in [0.1, 0.15) is 44.4 Å². The van der Waals surface area contributed by atoms with Crippen LogP contribution in [0.15, 0.2) is 15.8 Å². The molecule has 0 radical (unpaired) electrons. The molecule has 1 aromatic heterocycles. The van der Waals surface area contributed by atoms with Crippen molar-refractivity contribution in [3.8, 4) is 0 Å². The first-order chi connectivity index (χ1) is 8.06. The maximum Gasteiger partial charge on any atom is 0.211 e. The average molecular weight is 240 g/mol. The highest BCUT2D eigenvalue weighted by molar-refractivity contribution is 5.80. The third-order valence-electron chi connectivity index (χ3n) is 2.57. The molecule has 0 aliphatic carbocycles. The van der Waals surface area contributed by atoms with Crippen LogP contribution in [0.3, 0.4) is 0 Å². The predicted octanol–water partition coefficient (Wildman–Crippen LogP) is 1.55. The molecule has 4 N–H and O–H groups in total. The largest absolute Gasteiger partial charge is 0.444 e. The van der Waals surface area contributed by atoms with E-state index in [1.165, 1.54) is 0 Å². The summed E-state index contributed by atoms with van der Waals surface area (Å²) in [6.07, 6.45) is 3.06. The van der Waals surface area contributed by atoms with Gasteiger partial charge in [-0.2, -0.15) is 0 Å². The van der Waals surface area contributed by atoms with Crippen molar-refractivity contribution in [3.05, 3.63) is 17.8 Å². The van der Waals surface area contributed by atoms with E-state index in [2.05, 4.69) is 15.5 Å². The van der Waals surface area contributed by atoms with Gasteiger partial charge in [-0.3, -0.25) is 0 Å². The van der Waals surface area contributed by atoms with Crippen LogP contribution in [0.4, 0.5) is 0 Å². The van der Waals surface area contributed by atoms with Crippen molar-refractivity contribution in [2.24, 2.45) is 10.9 Å². The third-order valence-corrected chi connectivity index (χ3v) is 2.57. The lowest BCUT2D eigenvalue weighted by molar-refractivity contribution is 0.313. The van der Waals surface area contributed by atoms with E-state index in [1.807, 2.05) is 20.8 Å². The fourth-order valence-electron chi connectivity index (χ4n) is 1.61. The van der Waals surface area contributed by atoms with E-state index in [0.29, 0.717) is 12.3 Å². The molecule has 6 heteroatoms. The van der Waals surface area contributed by atoms with Gasteiger partial charge in [0.1, 0.15) is 11.6 Å². The number of nitrogens with one attached hydrogen (secondary N) is 1. The quantitative estimate of drug-likeness (QED) is 0.303. The predicted molar refractivity (Wildman–Crippen MR) is 64.9 cm³/mol. The van der Waals surface area contributed by atoms with Crippen LogP contribution in [-0.2, 0) is 0 Å². The molecule has 0 saturated heterocycles. The molecule has 1 rings (SSSR count). The van der Waals surface area contributed by atoms with Crippen LogP contribution in [0.5, 0.6) is 0 Å². The molecule has 0 amide bonds. The van der Waals surface area contributed by atoms with E-state index >= 15 is 0 Å². The van der Waals surface area contributed by atoms with Crippen molar-refractivity contribution in [3.63, 3.8) is 0 Å². The zero-order chi connectivity index (χ0) is 12.8. The molecule has 96 valence electrons. The zero-order valence-corrected chi connectivity index (χ0v) is 10.5. The van der Waals surface area contributed by atoms with Gasteiger partial charge in [-0.05, 0) is 20.3 Å². The molecule has 0 aliphatic rings. The fraction of sp³-hybridized carbons (Fsp3) is 0.636. The Hall–Kier alpha value is -1.56. The average Bonchev–Trinajstić information content (AvgIpc) is 2.74. The fourth-order valence-corrected chi connectivity index (χ4v) is 1.61. The Labute approximate surface area is 101 Å². The molecule has 0 fully saturated rings. The first-order valence-electron chi connectivity index (χ1n) is 5.71. The summed E-state index contributed by atoms with van der Waals surface area (Å²) in [5, 5.41) is 14.8. The number of nitrogens with zero attached hydrogens (tertiary/aromatic N) is 2. The van der Waals surface area contributed by atoms with Crippen molar-refractivity contribution in [2.75, 3.05) is 0 Å². The maximum atomic E-state index is 8.54. The minimum atomic E-state index is 0.000132. The molecular formula is C11H20N4O2. The smallest absolute Gasteiger partial charge is 0.211 e. The Kier molecular flexibility index (Phi) is 4.96. The highest BCUT2D eigenvalue weighted by Crippen LogP contribution is 2.14. The number of aryl methyl sites for hydroxylation is 1. The van der Waals surface area contributed by atoms with E-state index in [4.69, 9.17) is 15.4 Å². The van der Waals surface area contributed by atoms with E-state index in [1.54, 1.807) is 6.20 Å². The summed E-state index contributed by atoms with van der Waals surface area (Å²) in [6.45, 7) is 5.87. The summed E-state index contributed by atoms with van der Waals surface area (Å²) in [5.41, 5.74) is 5.49. The van der Waals surface area contributed by atoms with Gasteiger partial charge >= 0.3 is 0 Å². The van der Waals surface area contributed by atoms with Crippen LogP contribution in [-0.4, -0.2) is 22.1 Å². The summed E-state index contributed by atoms with van der Waals surface area (Å²) >= 11 is 0. The van der Waals surface area contributed by atoms with Crippen LogP contribution in [0.2, 0.25) is 0 Å². The van der Waals surface area contributed by atoms with E-state index < -0.39 is 0 Å². The lowest BCUT2D eigenvalue weighted by atomic mass is 10.1. The van der Waals surface area contributed by atoms with E-state index in [-0.39, 0.29) is 17.9 Å². The van der Waals surface area contributed by atoms with Gasteiger partial charge in [-0.15, -0.1) is 0 Å². The highest BCUT2D eigenvalue weighted by atomic mass is 16.4. The van der Waals surface area contributed by atoms with Gasteiger partial charge in [0, 0.05) is 12.5 Å². The highest BCUT2D eigenvalue weighted by Gasteiger charge is 2.16. The zero-order valence-electron chi connectivity index (χ0n) is 10.5. The standard InChI is InChI=1S/C11H20N4O2/c1-4-9(5-10(12)15-16)14-8(3)11-13-6-7(2)17-11/h6,8-9,14,16H,4-5H2,1-3H3,(H2,12,15). The number of rotatable bonds is 6. The topological polar surface area (TPSA) is 96.7 Å². The number of amidine groups is 1. The molecule has 1 aromatic rings. The Morgan fingerprint density at radius 3 is 2.88 bits per heavy atom. The van der Waals surface area contributed by atoms with E-state index in [9.17, 15) is 0 Å². The number of oxime groups is 1. The number of hydrogen-bond donors (Lipinski definition) is 3. The number of aromatic nitrogens is 1. The molecule has 0 bridgehead atoms. The molecule has 0 aromatic carbocycles. The second-order valence-corrected chi connectivity index (χ2v) is 4.10. The molecule has 2 atom stereocenters. The van der Waals surface area contributed by atoms with Gasteiger partial charge in [0.15, 0.2) is 0 Å².